The summed E-state index contributed by atoms with van der Waals surface area (Å²) in [5, 5.41) is 9.38. The molecule has 2 unspecified atom stereocenters. The van der Waals surface area contributed by atoms with E-state index in [2.05, 4.69) is 144 Å². The number of thiophene rings is 1. The van der Waals surface area contributed by atoms with Gasteiger partial charge in [0.1, 0.15) is 22.7 Å². The van der Waals surface area contributed by atoms with Crippen molar-refractivity contribution in [2.45, 2.75) is 5.41 Å². The van der Waals surface area contributed by atoms with Gasteiger partial charge in [-0.25, -0.2) is 0 Å². The van der Waals surface area contributed by atoms with E-state index < -0.39 is 12.6 Å². The maximum Gasteiger partial charge on any atom is 0.171 e. The van der Waals surface area contributed by atoms with Crippen LogP contribution in [0.3, 0.4) is 0 Å². The van der Waals surface area contributed by atoms with Gasteiger partial charge in [0.15, 0.2) is 7.14 Å². The lowest BCUT2D eigenvalue weighted by molar-refractivity contribution is 0.435. The SMILES string of the molecule is O=P1(c2ccccc2)c2ccccc2C2(c3ccccc3Oc3cc(-n4c5ccccc5c5cc6sc7ccccc7c6cc54)ccc32)c2cc3c(cc21)oc1ccccc13. The Hall–Kier alpha value is -7.17. The standard InChI is InChI=1S/C55H32NO3PS/c57-60(34-14-2-1-3-15-34)51-24-12-8-20-43(51)55(44-29-39-36-17-5-10-22-47(36)58-49(39)32-52(44)60)41-19-7-11-23-48(41)59-50-28-33(26-27-42(50)55)56-45-21-9-4-16-35(45)38-31-54-40(30-46(38)56)37-18-6-13-25-53(37)61-54/h1-32H. The highest BCUT2D eigenvalue weighted by molar-refractivity contribution is 7.85. The topological polar surface area (TPSA) is 44.4 Å². The maximum absolute atomic E-state index is 16.5. The van der Waals surface area contributed by atoms with Gasteiger partial charge in [0, 0.05) is 80.5 Å². The number of para-hydroxylation sites is 3. The number of hydrogen-bond acceptors (Lipinski definition) is 4. The van der Waals surface area contributed by atoms with E-state index >= 15 is 4.57 Å². The molecule has 0 saturated heterocycles. The summed E-state index contributed by atoms with van der Waals surface area (Å²) in [6.45, 7) is 0. The van der Waals surface area contributed by atoms with E-state index in [1.165, 1.54) is 30.9 Å². The third-order valence-corrected chi connectivity index (χ3v) is 17.6. The number of aromatic nitrogens is 1. The first-order chi connectivity index (χ1) is 30.1. The van der Waals surface area contributed by atoms with Crippen LogP contribution < -0.4 is 20.7 Å². The summed E-state index contributed by atoms with van der Waals surface area (Å²) in [7, 11) is -3.45. The van der Waals surface area contributed by atoms with E-state index in [-0.39, 0.29) is 0 Å². The second-order valence-corrected chi connectivity index (χ2v) is 20.1. The summed E-state index contributed by atoms with van der Waals surface area (Å²) < 4.78 is 35.2. The lowest BCUT2D eigenvalue weighted by Crippen LogP contribution is -2.48. The molecule has 61 heavy (non-hydrogen) atoms. The first kappa shape index (κ1) is 33.6. The van der Waals surface area contributed by atoms with Gasteiger partial charge in [-0.3, -0.25) is 0 Å². The Morgan fingerprint density at radius 2 is 1.16 bits per heavy atom. The minimum atomic E-state index is -3.45. The van der Waals surface area contributed by atoms with Crippen LogP contribution in [0.15, 0.2) is 199 Å². The van der Waals surface area contributed by atoms with Crippen LogP contribution in [0.4, 0.5) is 0 Å². The predicted octanol–water partition coefficient (Wildman–Crippen LogP) is 13.5. The molecular formula is C55H32NO3PS. The fourth-order valence-corrected chi connectivity index (χ4v) is 15.1. The van der Waals surface area contributed by atoms with E-state index in [4.69, 9.17) is 9.15 Å². The molecule has 0 fully saturated rings. The Balaban J connectivity index is 1.10. The fraction of sp³-hybridized carbons (Fsp3) is 0.0182. The molecule has 286 valence electrons. The minimum absolute atomic E-state index is 0.723. The Morgan fingerprint density at radius 3 is 2.07 bits per heavy atom. The molecule has 3 aromatic heterocycles. The molecule has 4 nitrogen and oxygen atoms in total. The number of furan rings is 1. The molecule has 6 heteroatoms. The molecule has 14 rings (SSSR count). The van der Waals surface area contributed by atoms with Gasteiger partial charge in [-0.05, 0) is 65.7 Å². The van der Waals surface area contributed by atoms with Gasteiger partial charge in [0.2, 0.25) is 0 Å². The molecule has 5 heterocycles. The third kappa shape index (κ3) is 4.27. The van der Waals surface area contributed by atoms with E-state index in [1.807, 2.05) is 65.9 Å². The molecule has 0 radical (unpaired) electrons. The third-order valence-electron chi connectivity index (χ3n) is 13.3. The molecule has 9 aromatic carbocycles. The fourth-order valence-electron chi connectivity index (χ4n) is 10.8. The molecule has 0 N–H and O–H groups in total. The molecule has 0 amide bonds. The first-order valence-electron chi connectivity index (χ1n) is 20.6. The van der Waals surface area contributed by atoms with Crippen molar-refractivity contribution in [3.8, 4) is 17.2 Å². The summed E-state index contributed by atoms with van der Waals surface area (Å²) in [5.41, 5.74) is 7.92. The zero-order chi connectivity index (χ0) is 40.0. The summed E-state index contributed by atoms with van der Waals surface area (Å²) in [5.74, 6) is 1.54. The molecule has 12 aromatic rings. The minimum Gasteiger partial charge on any atom is -0.457 e. The molecule has 2 atom stereocenters. The second-order valence-electron chi connectivity index (χ2n) is 16.3. The quantitative estimate of drug-likeness (QED) is 0.163. The first-order valence-corrected chi connectivity index (χ1v) is 23.1. The smallest absolute Gasteiger partial charge is 0.171 e. The Labute approximate surface area is 353 Å². The maximum atomic E-state index is 16.5. The lowest BCUT2D eigenvalue weighted by Gasteiger charge is -2.47. The summed E-state index contributed by atoms with van der Waals surface area (Å²) >= 11 is 1.85. The van der Waals surface area contributed by atoms with Crippen LogP contribution in [0.1, 0.15) is 22.3 Å². The van der Waals surface area contributed by atoms with Crippen LogP contribution in [0.2, 0.25) is 0 Å². The van der Waals surface area contributed by atoms with Crippen LogP contribution in [0.25, 0.3) is 69.6 Å². The molecular weight excluding hydrogens is 786 g/mol. The van der Waals surface area contributed by atoms with Crippen LogP contribution in [-0.4, -0.2) is 4.57 Å². The average Bonchev–Trinajstić information content (AvgIpc) is 3.98. The van der Waals surface area contributed by atoms with Gasteiger partial charge >= 0.3 is 0 Å². The van der Waals surface area contributed by atoms with E-state index in [0.29, 0.717) is 0 Å². The van der Waals surface area contributed by atoms with Crippen LogP contribution >= 0.6 is 18.5 Å². The summed E-state index contributed by atoms with van der Waals surface area (Å²) in [6.07, 6.45) is 0. The highest BCUT2D eigenvalue weighted by Gasteiger charge is 2.55. The number of rotatable bonds is 2. The molecule has 2 aliphatic rings. The number of nitrogens with zero attached hydrogens (tertiary/aromatic N) is 1. The average molecular weight is 818 g/mol. The van der Waals surface area contributed by atoms with Crippen LogP contribution in [0, 0.1) is 0 Å². The highest BCUT2D eigenvalue weighted by Crippen LogP contribution is 2.62. The summed E-state index contributed by atoms with van der Waals surface area (Å²) in [4.78, 5) is 0. The lowest BCUT2D eigenvalue weighted by atomic mass is 9.63. The Bertz CT molecular complexity index is 3910. The van der Waals surface area contributed by atoms with Gasteiger partial charge in [-0.15, -0.1) is 11.3 Å². The number of fused-ring (bicyclic) bond motifs is 17. The van der Waals surface area contributed by atoms with Crippen molar-refractivity contribution < 1.29 is 13.7 Å². The van der Waals surface area contributed by atoms with Crippen molar-refractivity contribution in [3.05, 3.63) is 216 Å². The van der Waals surface area contributed by atoms with E-state index in [1.54, 1.807) is 0 Å². The molecule has 0 bridgehead atoms. The van der Waals surface area contributed by atoms with Gasteiger partial charge < -0.3 is 18.3 Å². The van der Waals surface area contributed by atoms with Crippen LogP contribution in [0.5, 0.6) is 11.5 Å². The molecule has 1 spiro atoms. The van der Waals surface area contributed by atoms with Crippen molar-refractivity contribution in [2.24, 2.45) is 0 Å². The zero-order valence-corrected chi connectivity index (χ0v) is 34.2. The number of benzene rings is 9. The Kier molecular flexibility index (Phi) is 6.61. The van der Waals surface area contributed by atoms with E-state index in [9.17, 15) is 0 Å². The molecule has 0 aliphatic carbocycles. The predicted molar refractivity (Wildman–Crippen MR) is 252 cm³/mol. The van der Waals surface area contributed by atoms with Crippen molar-refractivity contribution in [3.63, 3.8) is 0 Å². The van der Waals surface area contributed by atoms with E-state index in [0.717, 1.165) is 88.3 Å². The van der Waals surface area contributed by atoms with Crippen LogP contribution in [-0.2, 0) is 9.98 Å². The van der Waals surface area contributed by atoms with Gasteiger partial charge in [0.05, 0.1) is 16.4 Å². The number of ether oxygens (including phenoxy) is 1. The Morgan fingerprint density at radius 1 is 0.443 bits per heavy atom. The van der Waals surface area contributed by atoms with Crippen molar-refractivity contribution in [2.75, 3.05) is 0 Å². The summed E-state index contributed by atoms with van der Waals surface area (Å²) in [6, 6.07) is 68.2. The van der Waals surface area contributed by atoms with Gasteiger partial charge in [0.25, 0.3) is 0 Å². The van der Waals surface area contributed by atoms with Crippen molar-refractivity contribution >= 4 is 98.3 Å². The molecule has 0 saturated carbocycles. The zero-order valence-electron chi connectivity index (χ0n) is 32.5. The normalized spacial score (nSPS) is 17.8. The van der Waals surface area contributed by atoms with Crippen molar-refractivity contribution in [1.29, 1.82) is 0 Å². The molecule has 2 aliphatic heterocycles. The second kappa shape index (κ2) is 12.0. The van der Waals surface area contributed by atoms with Gasteiger partial charge in [-0.1, -0.05) is 133 Å². The number of hydrogen-bond donors (Lipinski definition) is 0. The highest BCUT2D eigenvalue weighted by atomic mass is 32.1. The van der Waals surface area contributed by atoms with Crippen molar-refractivity contribution in [1.82, 2.24) is 4.57 Å². The largest absolute Gasteiger partial charge is 0.457 e. The van der Waals surface area contributed by atoms with Gasteiger partial charge in [-0.2, -0.15) is 0 Å². The monoisotopic (exact) mass is 817 g/mol.